The van der Waals surface area contributed by atoms with Crippen molar-refractivity contribution in [1.29, 1.82) is 0 Å². The molecule has 0 spiro atoms. The summed E-state index contributed by atoms with van der Waals surface area (Å²) < 4.78 is 48.3. The predicted octanol–water partition coefficient (Wildman–Crippen LogP) is 5.42. The number of alkyl halides is 3. The van der Waals surface area contributed by atoms with E-state index in [2.05, 4.69) is 0 Å². The molecular formula is C16H13Cl2F3O4. The Labute approximate surface area is 152 Å². The van der Waals surface area contributed by atoms with Crippen molar-refractivity contribution in [3.8, 4) is 17.2 Å². The summed E-state index contributed by atoms with van der Waals surface area (Å²) in [6, 6.07) is 8.70. The largest absolute Gasteiger partial charge is 0.479 e. The zero-order chi connectivity index (χ0) is 17.9. The second-order valence-electron chi connectivity index (χ2n) is 4.81. The van der Waals surface area contributed by atoms with Gasteiger partial charge in [-0.1, -0.05) is 11.6 Å². The third kappa shape index (κ3) is 5.72. The molecular weight excluding hydrogens is 384 g/mol. The zero-order valence-electron chi connectivity index (χ0n) is 12.7. The van der Waals surface area contributed by atoms with Gasteiger partial charge in [0.15, 0.2) is 6.10 Å². The highest BCUT2D eigenvalue weighted by atomic mass is 35.5. The van der Waals surface area contributed by atoms with Crippen LogP contribution in [0.2, 0.25) is 5.02 Å². The maximum absolute atomic E-state index is 12.6. The predicted molar refractivity (Wildman–Crippen MR) is 87.9 cm³/mol. The number of rotatable bonds is 5. The van der Waals surface area contributed by atoms with Gasteiger partial charge in [0.2, 0.25) is 0 Å². The molecule has 25 heavy (non-hydrogen) atoms. The quantitative estimate of drug-likeness (QED) is 0.732. The fourth-order valence-electron chi connectivity index (χ4n) is 1.73. The first kappa shape index (κ1) is 20.9. The Morgan fingerprint density at radius 2 is 1.68 bits per heavy atom. The zero-order valence-corrected chi connectivity index (χ0v) is 14.3. The Bertz CT molecular complexity index is 733. The smallest absolute Gasteiger partial charge is 0.416 e. The van der Waals surface area contributed by atoms with E-state index in [0.29, 0.717) is 11.5 Å². The van der Waals surface area contributed by atoms with Gasteiger partial charge in [0.05, 0.1) is 10.6 Å². The first-order valence-corrected chi connectivity index (χ1v) is 7.09. The molecule has 0 saturated heterocycles. The van der Waals surface area contributed by atoms with Crippen LogP contribution >= 0.6 is 24.0 Å². The van der Waals surface area contributed by atoms with Crippen LogP contribution in [-0.2, 0) is 11.0 Å². The van der Waals surface area contributed by atoms with E-state index in [1.165, 1.54) is 31.2 Å². The highest BCUT2D eigenvalue weighted by molar-refractivity contribution is 6.32. The van der Waals surface area contributed by atoms with Crippen molar-refractivity contribution in [2.45, 2.75) is 19.2 Å². The summed E-state index contributed by atoms with van der Waals surface area (Å²) in [6.45, 7) is 1.38. The average Bonchev–Trinajstić information content (AvgIpc) is 2.50. The van der Waals surface area contributed by atoms with E-state index in [4.69, 9.17) is 26.2 Å². The lowest BCUT2D eigenvalue weighted by Crippen LogP contribution is -2.22. The van der Waals surface area contributed by atoms with Gasteiger partial charge < -0.3 is 14.6 Å². The van der Waals surface area contributed by atoms with Crippen molar-refractivity contribution < 1.29 is 32.5 Å². The summed E-state index contributed by atoms with van der Waals surface area (Å²) in [5.74, 6) is -0.410. The number of carboxylic acid groups (broad SMARTS) is 1. The third-order valence-electron chi connectivity index (χ3n) is 2.97. The highest BCUT2D eigenvalue weighted by Gasteiger charge is 2.31. The molecule has 0 aliphatic carbocycles. The first-order valence-electron chi connectivity index (χ1n) is 6.71. The molecule has 0 fully saturated rings. The summed E-state index contributed by atoms with van der Waals surface area (Å²) in [5.41, 5.74) is -0.869. The maximum Gasteiger partial charge on any atom is 0.416 e. The third-order valence-corrected chi connectivity index (χ3v) is 3.27. The van der Waals surface area contributed by atoms with Crippen molar-refractivity contribution in [3.05, 3.63) is 53.1 Å². The SMILES string of the molecule is CC(Oc1ccc(Oc2ccc(C(F)(F)F)cc2Cl)cc1)C(=O)O.Cl. The molecule has 0 radical (unpaired) electrons. The number of benzene rings is 2. The second-order valence-corrected chi connectivity index (χ2v) is 5.22. The van der Waals surface area contributed by atoms with E-state index in [0.717, 1.165) is 18.2 Å². The van der Waals surface area contributed by atoms with Gasteiger partial charge in [0.1, 0.15) is 17.2 Å². The van der Waals surface area contributed by atoms with Gasteiger partial charge in [0.25, 0.3) is 0 Å². The molecule has 2 rings (SSSR count). The summed E-state index contributed by atoms with van der Waals surface area (Å²) in [5, 5.41) is 8.58. The van der Waals surface area contributed by atoms with Crippen molar-refractivity contribution in [3.63, 3.8) is 0 Å². The lowest BCUT2D eigenvalue weighted by molar-refractivity contribution is -0.144. The molecule has 1 atom stereocenters. The standard InChI is InChI=1S/C16H12ClF3O4.ClH/c1-9(15(21)22)23-11-3-5-12(6-4-11)24-14-7-2-10(8-13(14)17)16(18,19)20;/h2-9H,1H3,(H,21,22);1H. The van der Waals surface area contributed by atoms with Gasteiger partial charge in [-0.25, -0.2) is 4.79 Å². The Kier molecular flexibility index (Phi) is 6.96. The van der Waals surface area contributed by atoms with Gasteiger partial charge in [-0.2, -0.15) is 13.2 Å². The Morgan fingerprint density at radius 1 is 1.12 bits per heavy atom. The van der Waals surface area contributed by atoms with Crippen LogP contribution < -0.4 is 9.47 Å². The van der Waals surface area contributed by atoms with E-state index in [1.54, 1.807) is 0 Å². The monoisotopic (exact) mass is 396 g/mol. The lowest BCUT2D eigenvalue weighted by Gasteiger charge is -2.12. The molecule has 2 aromatic carbocycles. The number of aliphatic carboxylic acids is 1. The van der Waals surface area contributed by atoms with E-state index in [1.807, 2.05) is 0 Å². The van der Waals surface area contributed by atoms with Crippen LogP contribution in [0.4, 0.5) is 13.2 Å². The fraction of sp³-hybridized carbons (Fsp3) is 0.188. The topological polar surface area (TPSA) is 55.8 Å². The Balaban J connectivity index is 0.00000312. The molecule has 0 amide bonds. The maximum atomic E-state index is 12.6. The van der Waals surface area contributed by atoms with Crippen LogP contribution in [0, 0.1) is 0 Å². The van der Waals surface area contributed by atoms with Crippen molar-refractivity contribution in [1.82, 2.24) is 0 Å². The lowest BCUT2D eigenvalue weighted by atomic mass is 10.2. The van der Waals surface area contributed by atoms with Crippen molar-refractivity contribution in [2.24, 2.45) is 0 Å². The van der Waals surface area contributed by atoms with Crippen LogP contribution in [0.25, 0.3) is 0 Å². The van der Waals surface area contributed by atoms with Gasteiger partial charge in [-0.3, -0.25) is 0 Å². The van der Waals surface area contributed by atoms with Crippen LogP contribution in [0.3, 0.4) is 0 Å². The second kappa shape index (κ2) is 8.31. The number of carbonyl (C=O) groups is 1. The molecule has 0 aliphatic heterocycles. The molecule has 1 N–H and O–H groups in total. The van der Waals surface area contributed by atoms with E-state index >= 15 is 0 Å². The minimum absolute atomic E-state index is 0. The average molecular weight is 397 g/mol. The minimum Gasteiger partial charge on any atom is -0.479 e. The van der Waals surface area contributed by atoms with Crippen molar-refractivity contribution >= 4 is 30.0 Å². The van der Waals surface area contributed by atoms with Crippen LogP contribution in [0.5, 0.6) is 17.2 Å². The normalized spacial score (nSPS) is 12.0. The summed E-state index contributed by atoms with van der Waals surface area (Å²) in [7, 11) is 0. The number of hydrogen-bond donors (Lipinski definition) is 1. The fourth-order valence-corrected chi connectivity index (χ4v) is 1.95. The molecule has 9 heteroatoms. The van der Waals surface area contributed by atoms with Crippen LogP contribution in [0.15, 0.2) is 42.5 Å². The van der Waals surface area contributed by atoms with Gasteiger partial charge in [-0.05, 0) is 49.4 Å². The molecule has 0 aliphatic rings. The van der Waals surface area contributed by atoms with E-state index < -0.39 is 23.8 Å². The summed E-state index contributed by atoms with van der Waals surface area (Å²) >= 11 is 5.81. The number of carboxylic acids is 1. The van der Waals surface area contributed by atoms with Gasteiger partial charge in [0, 0.05) is 0 Å². The van der Waals surface area contributed by atoms with E-state index in [-0.39, 0.29) is 23.2 Å². The van der Waals surface area contributed by atoms with Crippen LogP contribution in [-0.4, -0.2) is 17.2 Å². The minimum atomic E-state index is -4.48. The first-order chi connectivity index (χ1) is 11.2. The molecule has 1 unspecified atom stereocenters. The van der Waals surface area contributed by atoms with E-state index in [9.17, 15) is 18.0 Å². The molecule has 0 saturated carbocycles. The molecule has 0 bridgehead atoms. The van der Waals surface area contributed by atoms with Crippen LogP contribution in [0.1, 0.15) is 12.5 Å². The molecule has 136 valence electrons. The molecule has 4 nitrogen and oxygen atoms in total. The summed E-state index contributed by atoms with van der Waals surface area (Å²) in [4.78, 5) is 10.7. The molecule has 0 heterocycles. The Morgan fingerprint density at radius 3 is 2.16 bits per heavy atom. The highest BCUT2D eigenvalue weighted by Crippen LogP contribution is 2.36. The number of ether oxygens (including phenoxy) is 2. The molecule has 2 aromatic rings. The van der Waals surface area contributed by atoms with Gasteiger partial charge >= 0.3 is 12.1 Å². The summed E-state index contributed by atoms with van der Waals surface area (Å²) in [6.07, 6.45) is -5.50. The number of hydrogen-bond acceptors (Lipinski definition) is 3. The molecule has 0 aromatic heterocycles. The number of halogens is 5. The van der Waals surface area contributed by atoms with Crippen molar-refractivity contribution in [2.75, 3.05) is 0 Å². The Hall–Kier alpha value is -2.12. The van der Waals surface area contributed by atoms with Gasteiger partial charge in [-0.15, -0.1) is 12.4 Å².